The van der Waals surface area contributed by atoms with Crippen LogP contribution in [0.15, 0.2) is 48.1 Å². The van der Waals surface area contributed by atoms with Gasteiger partial charge in [0.1, 0.15) is 0 Å². The zero-order valence-electron chi connectivity index (χ0n) is 9.95. The first-order valence-electron chi connectivity index (χ1n) is 5.54. The van der Waals surface area contributed by atoms with Gasteiger partial charge in [0.15, 0.2) is 24.2 Å². The number of carbonyl (C=O) groups excluding carboxylic acids is 2. The van der Waals surface area contributed by atoms with E-state index in [1.54, 1.807) is 0 Å². The van der Waals surface area contributed by atoms with Gasteiger partial charge in [0.2, 0.25) is 11.3 Å². The summed E-state index contributed by atoms with van der Waals surface area (Å²) in [4.78, 5) is 21.7. The number of benzene rings is 1. The first-order chi connectivity index (χ1) is 9.39. The molecule has 104 valence electrons. The molecule has 1 aliphatic carbocycles. The molecule has 2 rings (SSSR count). The van der Waals surface area contributed by atoms with Crippen molar-refractivity contribution < 1.29 is 27.2 Å². The van der Waals surface area contributed by atoms with E-state index < -0.39 is 41.1 Å². The van der Waals surface area contributed by atoms with Crippen molar-refractivity contribution in [3.8, 4) is 0 Å². The number of halogens is 4. The quantitative estimate of drug-likeness (QED) is 0.631. The Morgan fingerprint density at radius 2 is 1.55 bits per heavy atom. The van der Waals surface area contributed by atoms with Gasteiger partial charge in [0, 0.05) is 11.6 Å². The van der Waals surface area contributed by atoms with Crippen molar-refractivity contribution in [2.24, 2.45) is 0 Å². The van der Waals surface area contributed by atoms with Gasteiger partial charge in [-0.1, -0.05) is 30.3 Å². The van der Waals surface area contributed by atoms with Gasteiger partial charge in [-0.3, -0.25) is 9.59 Å². The summed E-state index contributed by atoms with van der Waals surface area (Å²) in [6.45, 7) is 0. The number of aldehydes is 2. The lowest BCUT2D eigenvalue weighted by Crippen LogP contribution is -2.52. The standard InChI is InChI=1S/C14H8F4O2/c15-10-6-13(17,7-19)14(18,8-20)11(12(10)16)9-4-2-1-3-5-9/h1-8H. The average molecular weight is 284 g/mol. The Labute approximate surface area is 111 Å². The lowest BCUT2D eigenvalue weighted by molar-refractivity contribution is -0.130. The van der Waals surface area contributed by atoms with Crippen molar-refractivity contribution in [1.82, 2.24) is 0 Å². The predicted molar refractivity (Wildman–Crippen MR) is 63.5 cm³/mol. The molecule has 0 saturated carbocycles. The average Bonchev–Trinajstić information content (AvgIpc) is 2.46. The van der Waals surface area contributed by atoms with Crippen LogP contribution in [0.2, 0.25) is 0 Å². The molecule has 20 heavy (non-hydrogen) atoms. The fourth-order valence-electron chi connectivity index (χ4n) is 2.03. The number of rotatable bonds is 3. The summed E-state index contributed by atoms with van der Waals surface area (Å²) in [5.74, 6) is -3.44. The van der Waals surface area contributed by atoms with Crippen molar-refractivity contribution in [3.05, 3.63) is 53.6 Å². The second-order valence-corrected chi connectivity index (χ2v) is 4.26. The summed E-state index contributed by atoms with van der Waals surface area (Å²) in [7, 11) is 0. The third-order valence-corrected chi connectivity index (χ3v) is 3.08. The Morgan fingerprint density at radius 3 is 2.05 bits per heavy atom. The lowest BCUT2D eigenvalue weighted by Gasteiger charge is -2.34. The molecule has 2 atom stereocenters. The van der Waals surface area contributed by atoms with Gasteiger partial charge in [0.25, 0.3) is 0 Å². The van der Waals surface area contributed by atoms with Gasteiger partial charge >= 0.3 is 0 Å². The van der Waals surface area contributed by atoms with E-state index in [2.05, 4.69) is 0 Å². The van der Waals surface area contributed by atoms with E-state index in [4.69, 9.17) is 0 Å². The molecule has 2 unspecified atom stereocenters. The van der Waals surface area contributed by atoms with Gasteiger partial charge in [-0.05, 0) is 5.56 Å². The molecule has 1 aromatic rings. The largest absolute Gasteiger partial charge is 0.299 e. The fraction of sp³-hybridized carbons (Fsp3) is 0.143. The van der Waals surface area contributed by atoms with Crippen molar-refractivity contribution in [2.45, 2.75) is 11.3 Å². The Hall–Kier alpha value is -2.24. The highest BCUT2D eigenvalue weighted by atomic mass is 19.2. The maximum absolute atomic E-state index is 14.6. The van der Waals surface area contributed by atoms with E-state index in [1.807, 2.05) is 0 Å². The van der Waals surface area contributed by atoms with Crippen molar-refractivity contribution in [1.29, 1.82) is 0 Å². The summed E-state index contributed by atoms with van der Waals surface area (Å²) >= 11 is 0. The molecule has 0 spiro atoms. The predicted octanol–water partition coefficient (Wildman–Crippen LogP) is 3.05. The summed E-state index contributed by atoms with van der Waals surface area (Å²) in [6, 6.07) is 6.61. The smallest absolute Gasteiger partial charge is 0.238 e. The van der Waals surface area contributed by atoms with Gasteiger partial charge in [-0.25, -0.2) is 17.6 Å². The highest BCUT2D eigenvalue weighted by Crippen LogP contribution is 2.48. The molecule has 0 heterocycles. The number of hydrogen-bond acceptors (Lipinski definition) is 2. The molecule has 2 nitrogen and oxygen atoms in total. The summed E-state index contributed by atoms with van der Waals surface area (Å²) < 4.78 is 56.1. The maximum Gasteiger partial charge on any atom is 0.238 e. The van der Waals surface area contributed by atoms with Crippen molar-refractivity contribution in [3.63, 3.8) is 0 Å². The highest BCUT2D eigenvalue weighted by molar-refractivity contribution is 5.99. The minimum Gasteiger partial charge on any atom is -0.299 e. The van der Waals surface area contributed by atoms with Crippen LogP contribution in [0, 0.1) is 0 Å². The van der Waals surface area contributed by atoms with Crippen molar-refractivity contribution in [2.75, 3.05) is 0 Å². The van der Waals surface area contributed by atoms with Crippen LogP contribution in [0.25, 0.3) is 5.57 Å². The van der Waals surface area contributed by atoms with E-state index in [9.17, 15) is 27.2 Å². The maximum atomic E-state index is 14.6. The molecular weight excluding hydrogens is 276 g/mol. The monoisotopic (exact) mass is 284 g/mol. The molecule has 0 radical (unpaired) electrons. The zero-order chi connectivity index (χ0) is 15.0. The summed E-state index contributed by atoms with van der Waals surface area (Å²) in [5.41, 5.74) is -8.59. The molecule has 0 N–H and O–H groups in total. The molecule has 0 amide bonds. The molecule has 0 fully saturated rings. The molecular formula is C14H8F4O2. The lowest BCUT2D eigenvalue weighted by atomic mass is 9.75. The van der Waals surface area contributed by atoms with Gasteiger partial charge in [-0.15, -0.1) is 0 Å². The second kappa shape index (κ2) is 4.70. The molecule has 0 aliphatic heterocycles. The van der Waals surface area contributed by atoms with E-state index in [-0.39, 0.29) is 11.6 Å². The van der Waals surface area contributed by atoms with Crippen LogP contribution in [0.4, 0.5) is 17.6 Å². The van der Waals surface area contributed by atoms with Crippen LogP contribution in [0.1, 0.15) is 5.56 Å². The van der Waals surface area contributed by atoms with Gasteiger partial charge < -0.3 is 0 Å². The molecule has 0 saturated heterocycles. The van der Waals surface area contributed by atoms with Crippen molar-refractivity contribution >= 4 is 18.1 Å². The van der Waals surface area contributed by atoms with Crippen LogP contribution in [-0.4, -0.2) is 23.9 Å². The van der Waals surface area contributed by atoms with Crippen LogP contribution in [0.5, 0.6) is 0 Å². The van der Waals surface area contributed by atoms with Gasteiger partial charge in [0.05, 0.1) is 0 Å². The molecule has 1 aromatic carbocycles. The Kier molecular flexibility index (Phi) is 3.33. The van der Waals surface area contributed by atoms with Crippen LogP contribution in [-0.2, 0) is 9.59 Å². The van der Waals surface area contributed by atoms with E-state index in [0.717, 1.165) is 0 Å². The highest BCUT2D eigenvalue weighted by Gasteiger charge is 2.60. The zero-order valence-corrected chi connectivity index (χ0v) is 9.95. The molecule has 0 bridgehead atoms. The normalized spacial score (nSPS) is 29.9. The Balaban J connectivity index is 2.79. The van der Waals surface area contributed by atoms with Crippen LogP contribution < -0.4 is 0 Å². The number of hydrogen-bond donors (Lipinski definition) is 0. The summed E-state index contributed by atoms with van der Waals surface area (Å²) in [5, 5.41) is 0. The second-order valence-electron chi connectivity index (χ2n) is 4.26. The first kappa shape index (κ1) is 14.2. The third-order valence-electron chi connectivity index (χ3n) is 3.08. The number of alkyl halides is 2. The SMILES string of the molecule is O=CC1(F)C=C(F)C(F)=C(c2ccccc2)C1(F)C=O. The minimum atomic E-state index is -3.63. The Bertz CT molecular complexity index is 623. The van der Waals surface area contributed by atoms with E-state index >= 15 is 0 Å². The van der Waals surface area contributed by atoms with Crippen LogP contribution in [0.3, 0.4) is 0 Å². The molecule has 6 heteroatoms. The summed E-state index contributed by atoms with van der Waals surface area (Å²) in [6.07, 6.45) is -1.27. The van der Waals surface area contributed by atoms with E-state index in [0.29, 0.717) is 0 Å². The Morgan fingerprint density at radius 1 is 0.950 bits per heavy atom. The number of allylic oxidation sites excluding steroid dienone is 4. The van der Waals surface area contributed by atoms with Crippen LogP contribution >= 0.6 is 0 Å². The molecule has 1 aliphatic rings. The fourth-order valence-corrected chi connectivity index (χ4v) is 2.03. The minimum absolute atomic E-state index is 0.170. The first-order valence-corrected chi connectivity index (χ1v) is 5.54. The van der Waals surface area contributed by atoms with Gasteiger partial charge in [-0.2, -0.15) is 0 Å². The third kappa shape index (κ3) is 1.79. The van der Waals surface area contributed by atoms with E-state index in [1.165, 1.54) is 30.3 Å². The number of carbonyl (C=O) groups is 2. The molecule has 0 aromatic heterocycles. The topological polar surface area (TPSA) is 34.1 Å².